The van der Waals surface area contributed by atoms with Crippen LogP contribution in [0.1, 0.15) is 56.2 Å². The molecule has 1 heterocycles. The highest BCUT2D eigenvalue weighted by Gasteiger charge is 2.34. The Hall–Kier alpha value is -0.800. The average Bonchev–Trinajstić information content (AvgIpc) is 3.12. The first-order valence-electron chi connectivity index (χ1n) is 7.94. The average molecular weight is 276 g/mol. The molecule has 1 aromatic heterocycles. The molecule has 0 aliphatic heterocycles. The van der Waals surface area contributed by atoms with Crippen molar-refractivity contribution < 1.29 is 5.11 Å². The van der Waals surface area contributed by atoms with E-state index >= 15 is 0 Å². The van der Waals surface area contributed by atoms with Crippen molar-refractivity contribution in [3.63, 3.8) is 0 Å². The number of aliphatic hydroxyl groups excluding tert-OH is 1. The van der Waals surface area contributed by atoms with Crippen LogP contribution in [-0.2, 0) is 13.0 Å². The fourth-order valence-corrected chi connectivity index (χ4v) is 3.67. The van der Waals surface area contributed by atoms with Gasteiger partial charge in [0.25, 0.3) is 0 Å². The number of aromatic nitrogens is 1. The van der Waals surface area contributed by atoms with Crippen molar-refractivity contribution in [2.24, 2.45) is 5.41 Å². The highest BCUT2D eigenvalue weighted by Crippen LogP contribution is 2.42. The SMILES string of the molecule is Cc1cc2c(n1CCN(C)C1CC1)CC(C)(C)CC2O. The summed E-state index contributed by atoms with van der Waals surface area (Å²) in [5, 5.41) is 10.4. The molecule has 2 aliphatic carbocycles. The molecule has 0 spiro atoms. The molecule has 3 nitrogen and oxygen atoms in total. The quantitative estimate of drug-likeness (QED) is 0.916. The monoisotopic (exact) mass is 276 g/mol. The van der Waals surface area contributed by atoms with Crippen LogP contribution in [0.3, 0.4) is 0 Å². The minimum atomic E-state index is -0.283. The lowest BCUT2D eigenvalue weighted by Crippen LogP contribution is -2.29. The number of rotatable bonds is 4. The summed E-state index contributed by atoms with van der Waals surface area (Å²) < 4.78 is 2.44. The van der Waals surface area contributed by atoms with E-state index in [4.69, 9.17) is 0 Å². The second kappa shape index (κ2) is 4.88. The second-order valence-corrected chi connectivity index (χ2v) is 7.61. The van der Waals surface area contributed by atoms with Gasteiger partial charge in [-0.15, -0.1) is 0 Å². The third-order valence-corrected chi connectivity index (χ3v) is 5.05. The van der Waals surface area contributed by atoms with Gasteiger partial charge in [-0.05, 0) is 51.1 Å². The van der Waals surface area contributed by atoms with Crippen LogP contribution in [0.2, 0.25) is 0 Å². The summed E-state index contributed by atoms with van der Waals surface area (Å²) in [5.41, 5.74) is 4.06. The maximum absolute atomic E-state index is 10.4. The molecule has 3 rings (SSSR count). The molecule has 0 aromatic carbocycles. The Labute approximate surface area is 122 Å². The number of hydrogen-bond donors (Lipinski definition) is 1. The van der Waals surface area contributed by atoms with Crippen LogP contribution in [0, 0.1) is 12.3 Å². The van der Waals surface area contributed by atoms with Gasteiger partial charge >= 0.3 is 0 Å². The normalized spacial score (nSPS) is 25.0. The predicted octanol–water partition coefficient (Wildman–Crippen LogP) is 2.90. The van der Waals surface area contributed by atoms with Crippen molar-refractivity contribution >= 4 is 0 Å². The van der Waals surface area contributed by atoms with Crippen LogP contribution in [0.5, 0.6) is 0 Å². The molecular formula is C17H28N2O. The van der Waals surface area contributed by atoms with Crippen molar-refractivity contribution in [2.75, 3.05) is 13.6 Å². The van der Waals surface area contributed by atoms with E-state index < -0.39 is 0 Å². The van der Waals surface area contributed by atoms with E-state index in [9.17, 15) is 5.11 Å². The molecule has 0 amide bonds. The minimum absolute atomic E-state index is 0.206. The summed E-state index contributed by atoms with van der Waals surface area (Å²) in [6.07, 6.45) is 4.41. The van der Waals surface area contributed by atoms with Crippen molar-refractivity contribution in [2.45, 2.75) is 65.1 Å². The lowest BCUT2D eigenvalue weighted by molar-refractivity contribution is 0.0977. The topological polar surface area (TPSA) is 28.4 Å². The summed E-state index contributed by atoms with van der Waals surface area (Å²) in [4.78, 5) is 2.48. The van der Waals surface area contributed by atoms with Gasteiger partial charge in [0.15, 0.2) is 0 Å². The van der Waals surface area contributed by atoms with E-state index in [2.05, 4.69) is 43.4 Å². The Bertz CT molecular complexity index is 499. The number of hydrogen-bond acceptors (Lipinski definition) is 2. The standard InChI is InChI=1S/C17H28N2O/c1-12-9-14-15(10-17(2,3)11-16(14)20)19(12)8-7-18(4)13-5-6-13/h9,13,16,20H,5-8,10-11H2,1-4H3. The van der Waals surface area contributed by atoms with Gasteiger partial charge < -0.3 is 14.6 Å². The second-order valence-electron chi connectivity index (χ2n) is 7.61. The van der Waals surface area contributed by atoms with Gasteiger partial charge in [0.05, 0.1) is 6.10 Å². The zero-order valence-electron chi connectivity index (χ0n) is 13.3. The number of aryl methyl sites for hydroxylation is 1. The molecule has 0 radical (unpaired) electrons. The molecule has 1 atom stereocenters. The number of nitrogens with zero attached hydrogens (tertiary/aromatic N) is 2. The molecule has 1 unspecified atom stereocenters. The maximum Gasteiger partial charge on any atom is 0.0812 e. The van der Waals surface area contributed by atoms with Crippen LogP contribution < -0.4 is 0 Å². The zero-order valence-corrected chi connectivity index (χ0v) is 13.3. The van der Waals surface area contributed by atoms with Gasteiger partial charge in [0.2, 0.25) is 0 Å². The van der Waals surface area contributed by atoms with E-state index in [-0.39, 0.29) is 11.5 Å². The lowest BCUT2D eigenvalue weighted by Gasteiger charge is -2.34. The molecular weight excluding hydrogens is 248 g/mol. The number of fused-ring (bicyclic) bond motifs is 1. The zero-order chi connectivity index (χ0) is 14.5. The van der Waals surface area contributed by atoms with Gasteiger partial charge in [-0.25, -0.2) is 0 Å². The number of likely N-dealkylation sites (N-methyl/N-ethyl adjacent to an activating group) is 1. The Morgan fingerprint density at radius 2 is 2.10 bits per heavy atom. The molecule has 2 aliphatic rings. The summed E-state index contributed by atoms with van der Waals surface area (Å²) in [7, 11) is 2.24. The van der Waals surface area contributed by atoms with E-state index in [0.29, 0.717) is 0 Å². The summed E-state index contributed by atoms with van der Waals surface area (Å²) in [5.74, 6) is 0. The first kappa shape index (κ1) is 14.2. The van der Waals surface area contributed by atoms with Crippen LogP contribution in [-0.4, -0.2) is 34.2 Å². The van der Waals surface area contributed by atoms with Gasteiger partial charge in [-0.3, -0.25) is 0 Å². The molecule has 1 fully saturated rings. The fraction of sp³-hybridized carbons (Fsp3) is 0.765. The van der Waals surface area contributed by atoms with Crippen LogP contribution in [0.25, 0.3) is 0 Å². The molecule has 0 saturated heterocycles. The Balaban J connectivity index is 1.80. The highest BCUT2D eigenvalue weighted by atomic mass is 16.3. The Kier molecular flexibility index (Phi) is 3.46. The van der Waals surface area contributed by atoms with Crippen LogP contribution in [0.15, 0.2) is 6.07 Å². The third kappa shape index (κ3) is 2.66. The van der Waals surface area contributed by atoms with Crippen molar-refractivity contribution in [3.05, 3.63) is 23.0 Å². The first-order valence-corrected chi connectivity index (χ1v) is 7.94. The molecule has 1 aromatic rings. The van der Waals surface area contributed by atoms with Crippen molar-refractivity contribution in [3.8, 4) is 0 Å². The molecule has 112 valence electrons. The van der Waals surface area contributed by atoms with Gasteiger partial charge in [0, 0.05) is 36.1 Å². The minimum Gasteiger partial charge on any atom is -0.388 e. The molecule has 1 saturated carbocycles. The summed E-state index contributed by atoms with van der Waals surface area (Å²) >= 11 is 0. The van der Waals surface area contributed by atoms with Gasteiger partial charge in [-0.2, -0.15) is 0 Å². The largest absolute Gasteiger partial charge is 0.388 e. The highest BCUT2D eigenvalue weighted by molar-refractivity contribution is 5.33. The molecule has 3 heteroatoms. The van der Waals surface area contributed by atoms with Crippen LogP contribution >= 0.6 is 0 Å². The van der Waals surface area contributed by atoms with E-state index in [1.54, 1.807) is 0 Å². The predicted molar refractivity (Wildman–Crippen MR) is 81.9 cm³/mol. The molecule has 20 heavy (non-hydrogen) atoms. The summed E-state index contributed by atoms with van der Waals surface area (Å²) in [6.45, 7) is 8.87. The maximum atomic E-state index is 10.4. The number of aliphatic hydroxyl groups is 1. The summed E-state index contributed by atoms with van der Waals surface area (Å²) in [6, 6.07) is 3.02. The molecule has 1 N–H and O–H groups in total. The lowest BCUT2D eigenvalue weighted by atomic mass is 9.75. The van der Waals surface area contributed by atoms with Gasteiger partial charge in [0.1, 0.15) is 0 Å². The van der Waals surface area contributed by atoms with E-state index in [0.717, 1.165) is 32.0 Å². The van der Waals surface area contributed by atoms with E-state index in [1.807, 2.05) is 0 Å². The Morgan fingerprint density at radius 3 is 2.75 bits per heavy atom. The van der Waals surface area contributed by atoms with Crippen LogP contribution in [0.4, 0.5) is 0 Å². The van der Waals surface area contributed by atoms with Gasteiger partial charge in [-0.1, -0.05) is 13.8 Å². The third-order valence-electron chi connectivity index (χ3n) is 5.05. The first-order chi connectivity index (χ1) is 9.37. The van der Waals surface area contributed by atoms with Crippen molar-refractivity contribution in [1.82, 2.24) is 9.47 Å². The Morgan fingerprint density at radius 1 is 1.40 bits per heavy atom. The molecule has 0 bridgehead atoms. The fourth-order valence-electron chi connectivity index (χ4n) is 3.67. The smallest absolute Gasteiger partial charge is 0.0812 e. The van der Waals surface area contributed by atoms with E-state index in [1.165, 1.54) is 29.8 Å². The van der Waals surface area contributed by atoms with Crippen molar-refractivity contribution in [1.29, 1.82) is 0 Å².